The summed E-state index contributed by atoms with van der Waals surface area (Å²) in [6, 6.07) is 6.48. The summed E-state index contributed by atoms with van der Waals surface area (Å²) < 4.78 is 10.2. The van der Waals surface area contributed by atoms with E-state index in [4.69, 9.17) is 14.3 Å². The highest BCUT2D eigenvalue weighted by Gasteiger charge is 2.37. The molecule has 7 heteroatoms. The highest BCUT2D eigenvalue weighted by atomic mass is 16.7. The van der Waals surface area contributed by atoms with Crippen LogP contribution in [-0.4, -0.2) is 49.3 Å². The molecule has 1 aliphatic rings. The van der Waals surface area contributed by atoms with E-state index in [-0.39, 0.29) is 19.2 Å². The quantitative estimate of drug-likeness (QED) is 0.532. The predicted octanol–water partition coefficient (Wildman–Crippen LogP) is 1.43. The molecule has 2 rings (SSSR count). The van der Waals surface area contributed by atoms with Crippen molar-refractivity contribution in [1.82, 2.24) is 5.06 Å². The molecule has 0 N–H and O–H groups in total. The maximum atomic E-state index is 12.2. The Morgan fingerprint density at radius 3 is 2.22 bits per heavy atom. The van der Waals surface area contributed by atoms with E-state index in [1.54, 1.807) is 31.2 Å². The first kappa shape index (κ1) is 17.3. The van der Waals surface area contributed by atoms with E-state index in [1.807, 2.05) is 0 Å². The molecule has 7 nitrogen and oxygen atoms in total. The summed E-state index contributed by atoms with van der Waals surface area (Å²) in [6.45, 7) is 2.99. The third-order valence-corrected chi connectivity index (χ3v) is 3.72. The van der Waals surface area contributed by atoms with E-state index < -0.39 is 23.8 Å². The van der Waals surface area contributed by atoms with Crippen LogP contribution in [0, 0.1) is 5.92 Å². The Morgan fingerprint density at radius 1 is 1.17 bits per heavy atom. The number of methoxy groups -OCH3 is 1. The molecule has 2 amide bonds. The zero-order valence-corrected chi connectivity index (χ0v) is 13.3. The number of rotatable bonds is 8. The predicted molar refractivity (Wildman–Crippen MR) is 79.5 cm³/mol. The van der Waals surface area contributed by atoms with Crippen molar-refractivity contribution in [3.8, 4) is 0 Å². The highest BCUT2D eigenvalue weighted by molar-refractivity contribution is 6.20. The summed E-state index contributed by atoms with van der Waals surface area (Å²) in [4.78, 5) is 41.2. The second-order valence-electron chi connectivity index (χ2n) is 5.26. The van der Waals surface area contributed by atoms with Gasteiger partial charge >= 0.3 is 0 Å². The zero-order valence-electron chi connectivity index (χ0n) is 13.3. The number of ether oxygens (including phenoxy) is 2. The van der Waals surface area contributed by atoms with E-state index in [1.165, 1.54) is 14.0 Å². The van der Waals surface area contributed by atoms with Crippen LogP contribution in [0.15, 0.2) is 24.3 Å². The number of nitrogens with zero attached hydrogens (tertiary/aromatic N) is 1. The minimum absolute atomic E-state index is 0.0201. The van der Waals surface area contributed by atoms with Gasteiger partial charge in [0, 0.05) is 13.0 Å². The molecule has 1 aromatic carbocycles. The maximum absolute atomic E-state index is 12.2. The van der Waals surface area contributed by atoms with Gasteiger partial charge in [0.25, 0.3) is 11.8 Å². The van der Waals surface area contributed by atoms with Crippen LogP contribution in [0.2, 0.25) is 0 Å². The number of carbonyl (C=O) groups excluding carboxylic acids is 3. The Morgan fingerprint density at radius 2 is 1.74 bits per heavy atom. The third-order valence-electron chi connectivity index (χ3n) is 3.72. The molecule has 124 valence electrons. The smallest absolute Gasteiger partial charge is 0.285 e. The zero-order chi connectivity index (χ0) is 17.0. The van der Waals surface area contributed by atoms with Gasteiger partial charge in [0.15, 0.2) is 0 Å². The normalized spacial score (nSPS) is 16.4. The van der Waals surface area contributed by atoms with Crippen molar-refractivity contribution >= 4 is 17.6 Å². The molecule has 0 aliphatic carbocycles. The molecule has 0 spiro atoms. The van der Waals surface area contributed by atoms with Crippen LogP contribution >= 0.6 is 0 Å². The Bertz CT molecular complexity index is 579. The lowest BCUT2D eigenvalue weighted by molar-refractivity contribution is -0.165. The monoisotopic (exact) mass is 321 g/mol. The second-order valence-corrected chi connectivity index (χ2v) is 5.26. The SMILES string of the molecule is COCO[C@@H](CON1C(=O)c2ccccc2C1=O)[C@@H](C)C(C)=O. The molecule has 0 fully saturated rings. The number of hydrogen-bond acceptors (Lipinski definition) is 6. The molecule has 0 unspecified atom stereocenters. The van der Waals surface area contributed by atoms with Crippen LogP contribution in [0.3, 0.4) is 0 Å². The van der Waals surface area contributed by atoms with Gasteiger partial charge in [-0.1, -0.05) is 19.1 Å². The van der Waals surface area contributed by atoms with Crippen LogP contribution in [-0.2, 0) is 19.1 Å². The molecule has 1 heterocycles. The standard InChI is InChI=1S/C16H19NO6/c1-10(11(2)18)14(22-9-21-3)8-23-17-15(19)12-6-4-5-7-13(12)16(17)20/h4-7,10,14H,8-9H2,1-3H3/t10-,14-/m0/s1. The molecule has 0 saturated carbocycles. The lowest BCUT2D eigenvalue weighted by atomic mass is 10.0. The van der Waals surface area contributed by atoms with Gasteiger partial charge in [-0.2, -0.15) is 0 Å². The fraction of sp³-hybridized carbons (Fsp3) is 0.438. The number of hydrogen-bond donors (Lipinski definition) is 0. The number of imide groups is 1. The van der Waals surface area contributed by atoms with E-state index in [0.717, 1.165) is 0 Å². The molecule has 0 radical (unpaired) electrons. The Hall–Kier alpha value is -2.09. The molecule has 23 heavy (non-hydrogen) atoms. The van der Waals surface area contributed by atoms with E-state index in [2.05, 4.69) is 0 Å². The van der Waals surface area contributed by atoms with Gasteiger partial charge in [0.2, 0.25) is 0 Å². The average Bonchev–Trinajstić information content (AvgIpc) is 2.79. The highest BCUT2D eigenvalue weighted by Crippen LogP contribution is 2.23. The van der Waals surface area contributed by atoms with Gasteiger partial charge in [-0.25, -0.2) is 0 Å². The van der Waals surface area contributed by atoms with Gasteiger partial charge in [-0.15, -0.1) is 5.06 Å². The van der Waals surface area contributed by atoms with Crippen LogP contribution in [0.25, 0.3) is 0 Å². The summed E-state index contributed by atoms with van der Waals surface area (Å²) in [6.07, 6.45) is -0.628. The van der Waals surface area contributed by atoms with Crippen molar-refractivity contribution in [1.29, 1.82) is 0 Å². The van der Waals surface area contributed by atoms with Crippen LogP contribution in [0.1, 0.15) is 34.6 Å². The summed E-state index contributed by atoms with van der Waals surface area (Å²) in [7, 11) is 1.46. The molecule has 0 saturated heterocycles. The molecule has 1 aromatic rings. The van der Waals surface area contributed by atoms with Crippen LogP contribution in [0.4, 0.5) is 0 Å². The average molecular weight is 321 g/mol. The van der Waals surface area contributed by atoms with Crippen LogP contribution in [0.5, 0.6) is 0 Å². The number of Topliss-reactive ketones (excluding diaryl/α,β-unsaturated/α-hetero) is 1. The van der Waals surface area contributed by atoms with E-state index >= 15 is 0 Å². The first-order chi connectivity index (χ1) is 11.0. The van der Waals surface area contributed by atoms with Gasteiger partial charge in [0.05, 0.1) is 17.2 Å². The number of ketones is 1. The van der Waals surface area contributed by atoms with Gasteiger partial charge in [-0.05, 0) is 19.1 Å². The van der Waals surface area contributed by atoms with Gasteiger partial charge in [-0.3, -0.25) is 19.2 Å². The maximum Gasteiger partial charge on any atom is 0.285 e. The Balaban J connectivity index is 2.05. The lowest BCUT2D eigenvalue weighted by Crippen LogP contribution is -2.38. The van der Waals surface area contributed by atoms with E-state index in [9.17, 15) is 14.4 Å². The summed E-state index contributed by atoms with van der Waals surface area (Å²) in [5.74, 6) is -1.59. The number of carbonyl (C=O) groups is 3. The van der Waals surface area contributed by atoms with Crippen molar-refractivity contribution in [2.24, 2.45) is 5.92 Å². The molecule has 1 aliphatic heterocycles. The third kappa shape index (κ3) is 3.64. The first-order valence-corrected chi connectivity index (χ1v) is 7.19. The topological polar surface area (TPSA) is 82.1 Å². The lowest BCUT2D eigenvalue weighted by Gasteiger charge is -2.23. The fourth-order valence-corrected chi connectivity index (χ4v) is 2.19. The molecule has 2 atom stereocenters. The molecular weight excluding hydrogens is 302 g/mol. The Labute approximate surface area is 134 Å². The summed E-state index contributed by atoms with van der Waals surface area (Å²) in [5, 5.41) is 0.709. The number of hydroxylamine groups is 2. The summed E-state index contributed by atoms with van der Waals surface area (Å²) in [5.41, 5.74) is 0.595. The van der Waals surface area contributed by atoms with Crippen LogP contribution < -0.4 is 0 Å². The van der Waals surface area contributed by atoms with E-state index in [0.29, 0.717) is 16.2 Å². The van der Waals surface area contributed by atoms with Crippen molar-refractivity contribution in [3.63, 3.8) is 0 Å². The minimum atomic E-state index is -0.628. The van der Waals surface area contributed by atoms with Crippen molar-refractivity contribution in [3.05, 3.63) is 35.4 Å². The van der Waals surface area contributed by atoms with Gasteiger partial charge < -0.3 is 9.47 Å². The summed E-state index contributed by atoms with van der Waals surface area (Å²) >= 11 is 0. The largest absolute Gasteiger partial charge is 0.359 e. The molecular formula is C16H19NO6. The second kappa shape index (κ2) is 7.45. The van der Waals surface area contributed by atoms with Crippen molar-refractivity contribution in [2.45, 2.75) is 20.0 Å². The molecule has 0 bridgehead atoms. The fourth-order valence-electron chi connectivity index (χ4n) is 2.19. The van der Waals surface area contributed by atoms with Crippen molar-refractivity contribution in [2.75, 3.05) is 20.5 Å². The molecule has 0 aromatic heterocycles. The van der Waals surface area contributed by atoms with Gasteiger partial charge in [0.1, 0.15) is 19.2 Å². The number of benzene rings is 1. The number of amides is 2. The first-order valence-electron chi connectivity index (χ1n) is 7.19. The van der Waals surface area contributed by atoms with Crippen molar-refractivity contribution < 1.29 is 28.7 Å². The minimum Gasteiger partial charge on any atom is -0.359 e. The number of fused-ring (bicyclic) bond motifs is 1. The Kier molecular flexibility index (Phi) is 5.59.